The van der Waals surface area contributed by atoms with Crippen LogP contribution in [0.4, 0.5) is 0 Å². The van der Waals surface area contributed by atoms with Crippen LogP contribution >= 0.6 is 24.0 Å². The second-order valence-electron chi connectivity index (χ2n) is 7.33. The molecule has 1 saturated heterocycles. The van der Waals surface area contributed by atoms with Gasteiger partial charge in [0.2, 0.25) is 0 Å². The number of thioether (sulfide) groups is 1. The maximum Gasteiger partial charge on any atom is 0.266 e. The highest BCUT2D eigenvalue weighted by Gasteiger charge is 2.33. The van der Waals surface area contributed by atoms with Gasteiger partial charge in [0.15, 0.2) is 0 Å². The first-order chi connectivity index (χ1) is 13.8. The minimum absolute atomic E-state index is 0.0427. The van der Waals surface area contributed by atoms with Gasteiger partial charge < -0.3 is 9.47 Å². The van der Waals surface area contributed by atoms with Crippen LogP contribution in [-0.4, -0.2) is 28.3 Å². The molecule has 6 heteroatoms. The van der Waals surface area contributed by atoms with Gasteiger partial charge in [0.1, 0.15) is 22.4 Å². The van der Waals surface area contributed by atoms with Crippen molar-refractivity contribution in [1.29, 1.82) is 0 Å². The number of hydrogen-bond acceptors (Lipinski definition) is 5. The molecule has 0 bridgehead atoms. The van der Waals surface area contributed by atoms with Crippen LogP contribution < -0.4 is 9.47 Å². The first-order valence-corrected chi connectivity index (χ1v) is 10.7. The molecule has 1 aliphatic rings. The Hall–Kier alpha value is -2.31. The van der Waals surface area contributed by atoms with Crippen molar-refractivity contribution >= 4 is 40.3 Å². The average Bonchev–Trinajstić information content (AvgIpc) is 2.92. The fourth-order valence-corrected chi connectivity index (χ4v) is 4.78. The summed E-state index contributed by atoms with van der Waals surface area (Å²) in [5.74, 6) is 1.54. The van der Waals surface area contributed by atoms with E-state index in [-0.39, 0.29) is 11.9 Å². The van der Waals surface area contributed by atoms with E-state index < -0.39 is 0 Å². The maximum atomic E-state index is 12.6. The third kappa shape index (κ3) is 5.00. The Morgan fingerprint density at radius 2 is 1.83 bits per heavy atom. The summed E-state index contributed by atoms with van der Waals surface area (Å²) in [4.78, 5) is 14.9. The zero-order valence-electron chi connectivity index (χ0n) is 17.3. The number of aryl methyl sites for hydroxylation is 2. The molecule has 0 atom stereocenters. The smallest absolute Gasteiger partial charge is 0.266 e. The van der Waals surface area contributed by atoms with E-state index in [1.165, 1.54) is 11.8 Å². The molecule has 2 aromatic rings. The van der Waals surface area contributed by atoms with Crippen molar-refractivity contribution in [3.63, 3.8) is 0 Å². The second kappa shape index (κ2) is 9.01. The number of methoxy groups -OCH3 is 1. The zero-order valence-corrected chi connectivity index (χ0v) is 18.9. The van der Waals surface area contributed by atoms with Crippen molar-refractivity contribution in [2.24, 2.45) is 0 Å². The number of nitrogens with zero attached hydrogens (tertiary/aromatic N) is 1. The van der Waals surface area contributed by atoms with Gasteiger partial charge in [-0.15, -0.1) is 0 Å². The maximum absolute atomic E-state index is 12.6. The van der Waals surface area contributed by atoms with Crippen LogP contribution in [0.5, 0.6) is 11.5 Å². The zero-order chi connectivity index (χ0) is 21.1. The molecule has 1 amide bonds. The van der Waals surface area contributed by atoms with Gasteiger partial charge in [-0.2, -0.15) is 0 Å². The lowest BCUT2D eigenvalue weighted by atomic mass is 10.1. The molecule has 0 aliphatic carbocycles. The topological polar surface area (TPSA) is 38.8 Å². The van der Waals surface area contributed by atoms with Crippen molar-refractivity contribution in [3.05, 3.63) is 63.6 Å². The number of ether oxygens (including phenoxy) is 2. The van der Waals surface area contributed by atoms with E-state index >= 15 is 0 Å². The molecular formula is C23H25NO3S2. The normalized spacial score (nSPS) is 15.5. The van der Waals surface area contributed by atoms with Crippen molar-refractivity contribution in [3.8, 4) is 11.5 Å². The minimum Gasteiger partial charge on any atom is -0.496 e. The van der Waals surface area contributed by atoms with Crippen LogP contribution in [0.15, 0.2) is 41.3 Å². The predicted octanol–water partition coefficient (Wildman–Crippen LogP) is 5.50. The van der Waals surface area contributed by atoms with Gasteiger partial charge in [0, 0.05) is 11.6 Å². The highest BCUT2D eigenvalue weighted by Crippen LogP contribution is 2.34. The first-order valence-electron chi connectivity index (χ1n) is 9.43. The Labute approximate surface area is 181 Å². The van der Waals surface area contributed by atoms with Gasteiger partial charge >= 0.3 is 0 Å². The van der Waals surface area contributed by atoms with Gasteiger partial charge in [-0.1, -0.05) is 36.1 Å². The van der Waals surface area contributed by atoms with E-state index in [0.29, 0.717) is 15.8 Å². The van der Waals surface area contributed by atoms with Gasteiger partial charge in [-0.05, 0) is 74.7 Å². The van der Waals surface area contributed by atoms with E-state index in [0.717, 1.165) is 33.8 Å². The molecule has 0 spiro atoms. The molecule has 2 aromatic carbocycles. The second-order valence-corrected chi connectivity index (χ2v) is 9.00. The molecule has 1 fully saturated rings. The molecule has 0 N–H and O–H groups in total. The van der Waals surface area contributed by atoms with Crippen LogP contribution in [0, 0.1) is 13.8 Å². The molecule has 4 nitrogen and oxygen atoms in total. The Morgan fingerprint density at radius 3 is 2.41 bits per heavy atom. The SMILES string of the molecule is COc1ccc(C=C2SC(=S)N(C(C)C)C2=O)cc1COc1cc(C)cc(C)c1. The van der Waals surface area contributed by atoms with E-state index in [1.54, 1.807) is 12.0 Å². The van der Waals surface area contributed by atoms with Crippen LogP contribution in [0.3, 0.4) is 0 Å². The molecule has 0 unspecified atom stereocenters. The Balaban J connectivity index is 1.84. The van der Waals surface area contributed by atoms with Crippen molar-refractivity contribution < 1.29 is 14.3 Å². The molecule has 29 heavy (non-hydrogen) atoms. The monoisotopic (exact) mass is 427 g/mol. The summed E-state index contributed by atoms with van der Waals surface area (Å²) in [7, 11) is 1.64. The van der Waals surface area contributed by atoms with Crippen LogP contribution in [-0.2, 0) is 11.4 Å². The summed E-state index contributed by atoms with van der Waals surface area (Å²) in [6.07, 6.45) is 1.88. The molecule has 0 radical (unpaired) electrons. The number of benzene rings is 2. The summed E-state index contributed by atoms with van der Waals surface area (Å²) in [5, 5.41) is 0. The lowest BCUT2D eigenvalue weighted by molar-refractivity contribution is -0.123. The Kier molecular flexibility index (Phi) is 6.65. The predicted molar refractivity (Wildman–Crippen MR) is 123 cm³/mol. The highest BCUT2D eigenvalue weighted by molar-refractivity contribution is 8.26. The third-order valence-electron chi connectivity index (χ3n) is 4.53. The summed E-state index contributed by atoms with van der Waals surface area (Å²) in [5.41, 5.74) is 4.15. The van der Waals surface area contributed by atoms with Crippen molar-refractivity contribution in [1.82, 2.24) is 4.90 Å². The fourth-order valence-electron chi connectivity index (χ4n) is 3.25. The molecule has 3 rings (SSSR count). The van der Waals surface area contributed by atoms with Gasteiger partial charge in [-0.25, -0.2) is 0 Å². The van der Waals surface area contributed by atoms with E-state index in [9.17, 15) is 4.79 Å². The number of carbonyl (C=O) groups is 1. The number of amides is 1. The molecule has 1 aliphatic heterocycles. The van der Waals surface area contributed by atoms with Gasteiger partial charge in [0.05, 0.1) is 12.0 Å². The summed E-state index contributed by atoms with van der Waals surface area (Å²) >= 11 is 6.70. The van der Waals surface area contributed by atoms with Crippen molar-refractivity contribution in [2.45, 2.75) is 40.3 Å². The molecule has 0 saturated carbocycles. The van der Waals surface area contributed by atoms with Crippen molar-refractivity contribution in [2.75, 3.05) is 7.11 Å². The lowest BCUT2D eigenvalue weighted by Gasteiger charge is -2.18. The van der Waals surface area contributed by atoms with E-state index in [4.69, 9.17) is 21.7 Å². The molecule has 152 valence electrons. The summed E-state index contributed by atoms with van der Waals surface area (Å²) in [6.45, 7) is 8.40. The largest absolute Gasteiger partial charge is 0.496 e. The lowest BCUT2D eigenvalue weighted by Crippen LogP contribution is -2.34. The number of carbonyl (C=O) groups excluding carboxylic acids is 1. The van der Waals surface area contributed by atoms with Crippen LogP contribution in [0.1, 0.15) is 36.1 Å². The number of rotatable bonds is 6. The fraction of sp³-hybridized carbons (Fsp3) is 0.304. The standard InChI is InChI=1S/C23H25NO3S2/c1-14(2)24-22(25)21(29-23(24)28)12-17-6-7-20(26-5)18(11-17)13-27-19-9-15(3)8-16(4)10-19/h6-12,14H,13H2,1-5H3. The van der Waals surface area contributed by atoms with Gasteiger partial charge in [0.25, 0.3) is 5.91 Å². The Morgan fingerprint density at radius 1 is 1.14 bits per heavy atom. The molecule has 1 heterocycles. The van der Waals surface area contributed by atoms with Crippen LogP contribution in [0.25, 0.3) is 6.08 Å². The minimum atomic E-state index is -0.0427. The van der Waals surface area contributed by atoms with E-state index in [2.05, 4.69) is 19.9 Å². The quantitative estimate of drug-likeness (QED) is 0.450. The van der Waals surface area contributed by atoms with Crippen LogP contribution in [0.2, 0.25) is 0 Å². The Bertz CT molecular complexity index is 962. The number of thiocarbonyl (C=S) groups is 1. The summed E-state index contributed by atoms with van der Waals surface area (Å²) in [6, 6.07) is 12.0. The first kappa shape index (κ1) is 21.4. The average molecular weight is 428 g/mol. The highest BCUT2D eigenvalue weighted by atomic mass is 32.2. The van der Waals surface area contributed by atoms with E-state index in [1.807, 2.05) is 50.3 Å². The molecule has 0 aromatic heterocycles. The summed E-state index contributed by atoms with van der Waals surface area (Å²) < 4.78 is 12.1. The molecular weight excluding hydrogens is 402 g/mol. The van der Waals surface area contributed by atoms with Gasteiger partial charge in [-0.3, -0.25) is 9.69 Å². The number of hydrogen-bond donors (Lipinski definition) is 0. The third-order valence-corrected chi connectivity index (χ3v) is 5.86.